The van der Waals surface area contributed by atoms with Crippen molar-refractivity contribution >= 4 is 0 Å². The van der Waals surface area contributed by atoms with Crippen LogP contribution in [0.4, 0.5) is 0 Å². The molecule has 0 spiro atoms. The summed E-state index contributed by atoms with van der Waals surface area (Å²) >= 11 is 0. The summed E-state index contributed by atoms with van der Waals surface area (Å²) in [6.45, 7) is 2.56. The zero-order valence-electron chi connectivity index (χ0n) is 8.76. The lowest BCUT2D eigenvalue weighted by Gasteiger charge is -2.16. The Balaban J connectivity index is 1.52. The molecule has 0 bridgehead atoms. The number of nitrogens with one attached hydrogen (secondary N) is 1. The minimum Gasteiger partial charge on any atom is -0.314 e. The number of hydrogen-bond acceptors (Lipinski definition) is 2. The lowest BCUT2D eigenvalue weighted by molar-refractivity contribution is 0.309. The minimum atomic E-state index is 0.840. The van der Waals surface area contributed by atoms with Crippen molar-refractivity contribution in [1.82, 2.24) is 10.2 Å². The summed E-state index contributed by atoms with van der Waals surface area (Å²) in [7, 11) is 2.28. The summed E-state index contributed by atoms with van der Waals surface area (Å²) in [5.41, 5.74) is 0. The Bertz CT molecular complexity index is 146. The van der Waals surface area contributed by atoms with Crippen LogP contribution in [0, 0.1) is 0 Å². The second-order valence-electron chi connectivity index (χ2n) is 4.65. The van der Waals surface area contributed by atoms with E-state index in [0.717, 1.165) is 12.1 Å². The van der Waals surface area contributed by atoms with Crippen LogP contribution in [0.3, 0.4) is 0 Å². The molecule has 1 unspecified atom stereocenters. The van der Waals surface area contributed by atoms with Gasteiger partial charge in [-0.1, -0.05) is 0 Å². The SMILES string of the molecule is CN(CCCC1CCCN1)C1CC1. The summed E-state index contributed by atoms with van der Waals surface area (Å²) in [6, 6.07) is 1.78. The molecule has 13 heavy (non-hydrogen) atoms. The highest BCUT2D eigenvalue weighted by Crippen LogP contribution is 2.25. The van der Waals surface area contributed by atoms with Crippen molar-refractivity contribution in [3.63, 3.8) is 0 Å². The molecule has 2 aliphatic rings. The minimum absolute atomic E-state index is 0.840. The fraction of sp³-hybridized carbons (Fsp3) is 1.00. The van der Waals surface area contributed by atoms with Crippen LogP contribution in [0.1, 0.15) is 38.5 Å². The molecule has 2 heteroatoms. The Morgan fingerprint density at radius 2 is 2.15 bits per heavy atom. The molecule has 2 fully saturated rings. The summed E-state index contributed by atoms with van der Waals surface area (Å²) in [4.78, 5) is 2.54. The van der Waals surface area contributed by atoms with Gasteiger partial charge in [0.2, 0.25) is 0 Å². The Hall–Kier alpha value is -0.0800. The van der Waals surface area contributed by atoms with Crippen molar-refractivity contribution in [2.75, 3.05) is 20.1 Å². The van der Waals surface area contributed by atoms with Crippen LogP contribution in [-0.2, 0) is 0 Å². The third kappa shape index (κ3) is 2.96. The summed E-state index contributed by atoms with van der Waals surface area (Å²) in [5.74, 6) is 0. The Labute approximate surface area is 81.7 Å². The molecule has 1 saturated heterocycles. The van der Waals surface area contributed by atoms with E-state index in [1.807, 2.05) is 0 Å². The average Bonchev–Trinajstić information content (AvgIpc) is 2.86. The standard InChI is InChI=1S/C11H22N2/c1-13(11-6-7-11)9-3-5-10-4-2-8-12-10/h10-12H,2-9H2,1H3. The molecule has 0 amide bonds. The van der Waals surface area contributed by atoms with Gasteiger partial charge >= 0.3 is 0 Å². The van der Waals surface area contributed by atoms with E-state index in [9.17, 15) is 0 Å². The van der Waals surface area contributed by atoms with E-state index in [0.29, 0.717) is 0 Å². The monoisotopic (exact) mass is 182 g/mol. The Kier molecular flexibility index (Phi) is 3.23. The number of hydrogen-bond donors (Lipinski definition) is 1. The van der Waals surface area contributed by atoms with Gasteiger partial charge in [0.1, 0.15) is 0 Å². The van der Waals surface area contributed by atoms with Gasteiger partial charge < -0.3 is 10.2 Å². The van der Waals surface area contributed by atoms with Gasteiger partial charge in [-0.25, -0.2) is 0 Å². The van der Waals surface area contributed by atoms with Crippen LogP contribution in [0.5, 0.6) is 0 Å². The van der Waals surface area contributed by atoms with Crippen molar-refractivity contribution in [2.45, 2.75) is 50.6 Å². The van der Waals surface area contributed by atoms with Gasteiger partial charge in [0.05, 0.1) is 0 Å². The molecule has 1 N–H and O–H groups in total. The largest absolute Gasteiger partial charge is 0.314 e. The first-order valence-electron chi connectivity index (χ1n) is 5.80. The third-order valence-electron chi connectivity index (χ3n) is 3.40. The van der Waals surface area contributed by atoms with Crippen LogP contribution in [-0.4, -0.2) is 37.1 Å². The van der Waals surface area contributed by atoms with E-state index < -0.39 is 0 Å². The Morgan fingerprint density at radius 3 is 2.77 bits per heavy atom. The van der Waals surface area contributed by atoms with Gasteiger partial charge in [0.25, 0.3) is 0 Å². The fourth-order valence-electron chi connectivity index (χ4n) is 2.29. The first kappa shape index (κ1) is 9.47. The maximum atomic E-state index is 3.56. The maximum Gasteiger partial charge on any atom is 0.00933 e. The lowest BCUT2D eigenvalue weighted by Crippen LogP contribution is -2.25. The maximum absolute atomic E-state index is 3.56. The van der Waals surface area contributed by atoms with Crippen molar-refractivity contribution < 1.29 is 0 Å². The molecule has 0 aromatic carbocycles. The van der Waals surface area contributed by atoms with Crippen molar-refractivity contribution in [1.29, 1.82) is 0 Å². The van der Waals surface area contributed by atoms with Gasteiger partial charge in [-0.05, 0) is 58.7 Å². The molecular weight excluding hydrogens is 160 g/mol. The van der Waals surface area contributed by atoms with E-state index in [-0.39, 0.29) is 0 Å². The molecule has 0 aromatic rings. The van der Waals surface area contributed by atoms with E-state index in [4.69, 9.17) is 0 Å². The normalized spacial score (nSPS) is 28.6. The molecule has 1 atom stereocenters. The van der Waals surface area contributed by atoms with Gasteiger partial charge in [0, 0.05) is 12.1 Å². The summed E-state index contributed by atoms with van der Waals surface area (Å²) in [5, 5.41) is 3.56. The first-order chi connectivity index (χ1) is 6.36. The molecule has 1 saturated carbocycles. The predicted molar refractivity (Wildman–Crippen MR) is 55.9 cm³/mol. The Morgan fingerprint density at radius 1 is 1.31 bits per heavy atom. The molecule has 2 nitrogen and oxygen atoms in total. The highest BCUT2D eigenvalue weighted by atomic mass is 15.1. The molecular formula is C11H22N2. The third-order valence-corrected chi connectivity index (χ3v) is 3.40. The fourth-order valence-corrected chi connectivity index (χ4v) is 2.29. The number of nitrogens with zero attached hydrogens (tertiary/aromatic N) is 1. The lowest BCUT2D eigenvalue weighted by atomic mass is 10.1. The molecule has 1 aliphatic heterocycles. The van der Waals surface area contributed by atoms with E-state index >= 15 is 0 Å². The number of rotatable bonds is 5. The molecule has 1 aliphatic carbocycles. The average molecular weight is 182 g/mol. The molecule has 0 aromatic heterocycles. The quantitative estimate of drug-likeness (QED) is 0.695. The van der Waals surface area contributed by atoms with Gasteiger partial charge in [0.15, 0.2) is 0 Å². The zero-order chi connectivity index (χ0) is 9.10. The summed E-state index contributed by atoms with van der Waals surface area (Å²) in [6.07, 6.45) is 8.45. The van der Waals surface area contributed by atoms with Gasteiger partial charge in [-0.2, -0.15) is 0 Å². The van der Waals surface area contributed by atoms with E-state index in [1.54, 1.807) is 0 Å². The van der Waals surface area contributed by atoms with Crippen LogP contribution in [0.2, 0.25) is 0 Å². The second-order valence-corrected chi connectivity index (χ2v) is 4.65. The first-order valence-corrected chi connectivity index (χ1v) is 5.80. The molecule has 2 rings (SSSR count). The highest BCUT2D eigenvalue weighted by Gasteiger charge is 2.25. The smallest absolute Gasteiger partial charge is 0.00933 e. The van der Waals surface area contributed by atoms with Gasteiger partial charge in [-0.15, -0.1) is 0 Å². The summed E-state index contributed by atoms with van der Waals surface area (Å²) < 4.78 is 0. The van der Waals surface area contributed by atoms with Crippen LogP contribution >= 0.6 is 0 Å². The van der Waals surface area contributed by atoms with Crippen LogP contribution in [0.25, 0.3) is 0 Å². The van der Waals surface area contributed by atoms with Crippen molar-refractivity contribution in [2.24, 2.45) is 0 Å². The van der Waals surface area contributed by atoms with Crippen LogP contribution < -0.4 is 5.32 Å². The second kappa shape index (κ2) is 4.43. The molecule has 1 heterocycles. The van der Waals surface area contributed by atoms with E-state index in [1.165, 1.54) is 51.6 Å². The van der Waals surface area contributed by atoms with Crippen LogP contribution in [0.15, 0.2) is 0 Å². The van der Waals surface area contributed by atoms with Gasteiger partial charge in [-0.3, -0.25) is 0 Å². The zero-order valence-corrected chi connectivity index (χ0v) is 8.76. The van der Waals surface area contributed by atoms with Crippen molar-refractivity contribution in [3.05, 3.63) is 0 Å². The highest BCUT2D eigenvalue weighted by molar-refractivity contribution is 4.82. The predicted octanol–water partition coefficient (Wildman–Crippen LogP) is 1.61. The molecule has 0 radical (unpaired) electrons. The molecule has 76 valence electrons. The topological polar surface area (TPSA) is 15.3 Å². The van der Waals surface area contributed by atoms with Crippen molar-refractivity contribution in [3.8, 4) is 0 Å². The van der Waals surface area contributed by atoms with E-state index in [2.05, 4.69) is 17.3 Å².